The van der Waals surface area contributed by atoms with Gasteiger partial charge in [0.2, 0.25) is 0 Å². The summed E-state index contributed by atoms with van der Waals surface area (Å²) in [4.78, 5) is 9.04. The smallest absolute Gasteiger partial charge is 0.137 e. The fourth-order valence-electron chi connectivity index (χ4n) is 2.89. The van der Waals surface area contributed by atoms with E-state index < -0.39 is 0 Å². The van der Waals surface area contributed by atoms with Crippen molar-refractivity contribution in [2.24, 2.45) is 5.92 Å². The maximum atomic E-state index is 6.25. The molecule has 0 amide bonds. The van der Waals surface area contributed by atoms with Crippen LogP contribution in [0.3, 0.4) is 0 Å². The van der Waals surface area contributed by atoms with Gasteiger partial charge in [-0.3, -0.25) is 0 Å². The summed E-state index contributed by atoms with van der Waals surface area (Å²) in [5.74, 6) is 2.49. The molecule has 2 rings (SSSR count). The zero-order valence-electron chi connectivity index (χ0n) is 12.9. The van der Waals surface area contributed by atoms with Crippen molar-refractivity contribution < 1.29 is 0 Å². The molecule has 0 bridgehead atoms. The summed E-state index contributed by atoms with van der Waals surface area (Å²) in [7, 11) is 0. The van der Waals surface area contributed by atoms with E-state index in [1.54, 1.807) is 0 Å². The van der Waals surface area contributed by atoms with Gasteiger partial charge in [-0.1, -0.05) is 44.7 Å². The van der Waals surface area contributed by atoms with E-state index in [4.69, 9.17) is 11.6 Å². The van der Waals surface area contributed by atoms with Gasteiger partial charge in [0.15, 0.2) is 0 Å². The second-order valence-corrected chi connectivity index (χ2v) is 6.38. The quantitative estimate of drug-likeness (QED) is 0.642. The summed E-state index contributed by atoms with van der Waals surface area (Å²) >= 11 is 6.25. The average Bonchev–Trinajstić information content (AvgIpc) is 2.61. The van der Waals surface area contributed by atoms with Gasteiger partial charge in [0.25, 0.3) is 0 Å². The molecule has 1 heterocycles. The molecule has 1 N–H and O–H groups in total. The molecule has 1 saturated carbocycles. The summed E-state index contributed by atoms with van der Waals surface area (Å²) in [6.07, 6.45) is 8.47. The monoisotopic (exact) mass is 295 g/mol. The standard InChI is InChI=1S/C16H26ClN3/c1-4-8-14-19-15(17)12(3)16(20-14)18-13-10-7-5-6-9-11(13)2/h11,13H,4-10H2,1-3H3,(H,18,19,20). The highest BCUT2D eigenvalue weighted by atomic mass is 35.5. The Balaban J connectivity index is 2.18. The van der Waals surface area contributed by atoms with Crippen LogP contribution >= 0.6 is 11.6 Å². The number of hydrogen-bond acceptors (Lipinski definition) is 3. The zero-order chi connectivity index (χ0) is 14.5. The van der Waals surface area contributed by atoms with E-state index >= 15 is 0 Å². The zero-order valence-corrected chi connectivity index (χ0v) is 13.6. The highest BCUT2D eigenvalue weighted by Crippen LogP contribution is 2.28. The van der Waals surface area contributed by atoms with Crippen molar-refractivity contribution in [1.82, 2.24) is 9.97 Å². The van der Waals surface area contributed by atoms with Crippen LogP contribution in [0, 0.1) is 12.8 Å². The molecule has 1 fully saturated rings. The third kappa shape index (κ3) is 3.85. The Labute approximate surface area is 127 Å². The van der Waals surface area contributed by atoms with Crippen LogP contribution in [0.2, 0.25) is 5.15 Å². The largest absolute Gasteiger partial charge is 0.367 e. The van der Waals surface area contributed by atoms with Gasteiger partial charge < -0.3 is 5.32 Å². The van der Waals surface area contributed by atoms with Gasteiger partial charge in [-0.15, -0.1) is 0 Å². The molecule has 20 heavy (non-hydrogen) atoms. The fraction of sp³-hybridized carbons (Fsp3) is 0.750. The van der Waals surface area contributed by atoms with Crippen LogP contribution in [0.4, 0.5) is 5.82 Å². The molecule has 1 aromatic rings. The first kappa shape index (κ1) is 15.6. The van der Waals surface area contributed by atoms with Crippen LogP contribution in [0.5, 0.6) is 0 Å². The van der Waals surface area contributed by atoms with Crippen LogP contribution in [-0.2, 0) is 6.42 Å². The van der Waals surface area contributed by atoms with Crippen molar-refractivity contribution in [2.75, 3.05) is 5.32 Å². The summed E-state index contributed by atoms with van der Waals surface area (Å²) in [6.45, 7) is 6.48. The number of hydrogen-bond donors (Lipinski definition) is 1. The normalized spacial score (nSPS) is 23.4. The lowest BCUT2D eigenvalue weighted by Gasteiger charge is -2.24. The van der Waals surface area contributed by atoms with Crippen LogP contribution in [0.15, 0.2) is 0 Å². The van der Waals surface area contributed by atoms with Gasteiger partial charge in [-0.25, -0.2) is 9.97 Å². The Morgan fingerprint density at radius 3 is 2.70 bits per heavy atom. The molecule has 0 spiro atoms. The number of aryl methyl sites for hydroxylation is 1. The molecule has 3 nitrogen and oxygen atoms in total. The van der Waals surface area contributed by atoms with Gasteiger partial charge >= 0.3 is 0 Å². The van der Waals surface area contributed by atoms with Crippen LogP contribution in [0.25, 0.3) is 0 Å². The lowest BCUT2D eigenvalue weighted by Crippen LogP contribution is -2.27. The van der Waals surface area contributed by atoms with Gasteiger partial charge in [0.1, 0.15) is 16.8 Å². The second-order valence-electron chi connectivity index (χ2n) is 6.02. The maximum absolute atomic E-state index is 6.25. The number of rotatable bonds is 4. The van der Waals surface area contributed by atoms with E-state index in [0.717, 1.165) is 30.0 Å². The Bertz CT molecular complexity index is 448. The van der Waals surface area contributed by atoms with E-state index in [0.29, 0.717) is 17.1 Å². The molecule has 2 atom stereocenters. The summed E-state index contributed by atoms with van der Waals surface area (Å²) in [5.41, 5.74) is 0.975. The molecule has 4 heteroatoms. The van der Waals surface area contributed by atoms with E-state index in [9.17, 15) is 0 Å². The molecule has 0 aromatic carbocycles. The topological polar surface area (TPSA) is 37.8 Å². The number of halogens is 1. The molecular weight excluding hydrogens is 270 g/mol. The minimum absolute atomic E-state index is 0.511. The van der Waals surface area contributed by atoms with Crippen molar-refractivity contribution in [2.45, 2.75) is 71.8 Å². The Hall–Kier alpha value is -0.830. The Kier molecular flexibility index (Phi) is 5.64. The first-order chi connectivity index (χ1) is 9.61. The number of anilines is 1. The second kappa shape index (κ2) is 7.26. The molecule has 1 aliphatic rings. The lowest BCUT2D eigenvalue weighted by atomic mass is 9.97. The number of nitrogens with zero attached hydrogens (tertiary/aromatic N) is 2. The molecule has 0 aliphatic heterocycles. The third-order valence-electron chi connectivity index (χ3n) is 4.29. The fourth-order valence-corrected chi connectivity index (χ4v) is 3.08. The Morgan fingerprint density at radius 2 is 1.95 bits per heavy atom. The first-order valence-electron chi connectivity index (χ1n) is 7.91. The third-order valence-corrected chi connectivity index (χ3v) is 4.66. The van der Waals surface area contributed by atoms with Crippen LogP contribution in [0.1, 0.15) is 63.8 Å². The van der Waals surface area contributed by atoms with E-state index in [1.165, 1.54) is 32.1 Å². The minimum atomic E-state index is 0.511. The summed E-state index contributed by atoms with van der Waals surface area (Å²) in [5, 5.41) is 4.23. The highest BCUT2D eigenvalue weighted by molar-refractivity contribution is 6.30. The van der Waals surface area contributed by atoms with Crippen molar-refractivity contribution in [1.29, 1.82) is 0 Å². The molecule has 1 aromatic heterocycles. The highest BCUT2D eigenvalue weighted by Gasteiger charge is 2.21. The van der Waals surface area contributed by atoms with Gasteiger partial charge in [-0.2, -0.15) is 0 Å². The van der Waals surface area contributed by atoms with Crippen molar-refractivity contribution in [3.63, 3.8) is 0 Å². The summed E-state index contributed by atoms with van der Waals surface area (Å²) < 4.78 is 0. The maximum Gasteiger partial charge on any atom is 0.137 e. The molecule has 112 valence electrons. The van der Waals surface area contributed by atoms with E-state index in [-0.39, 0.29) is 0 Å². The Morgan fingerprint density at radius 1 is 1.20 bits per heavy atom. The van der Waals surface area contributed by atoms with Crippen molar-refractivity contribution in [3.8, 4) is 0 Å². The van der Waals surface area contributed by atoms with Crippen molar-refractivity contribution in [3.05, 3.63) is 16.5 Å². The predicted molar refractivity (Wildman–Crippen MR) is 85.4 cm³/mol. The van der Waals surface area contributed by atoms with E-state index in [1.807, 2.05) is 6.92 Å². The SMILES string of the molecule is CCCc1nc(Cl)c(C)c(NC2CCCCCC2C)n1. The summed E-state index contributed by atoms with van der Waals surface area (Å²) in [6, 6.07) is 0.511. The molecule has 1 aliphatic carbocycles. The predicted octanol–water partition coefficient (Wildman–Crippen LogP) is 4.77. The molecular formula is C16H26ClN3. The molecule has 2 unspecified atom stereocenters. The van der Waals surface area contributed by atoms with Gasteiger partial charge in [-0.05, 0) is 32.1 Å². The van der Waals surface area contributed by atoms with Gasteiger partial charge in [0, 0.05) is 18.0 Å². The molecule has 0 radical (unpaired) electrons. The number of aromatic nitrogens is 2. The lowest BCUT2D eigenvalue weighted by molar-refractivity contribution is 0.455. The first-order valence-corrected chi connectivity index (χ1v) is 8.29. The van der Waals surface area contributed by atoms with Crippen LogP contribution in [-0.4, -0.2) is 16.0 Å². The average molecular weight is 296 g/mol. The van der Waals surface area contributed by atoms with E-state index in [2.05, 4.69) is 29.1 Å². The minimum Gasteiger partial charge on any atom is -0.367 e. The van der Waals surface area contributed by atoms with Gasteiger partial charge in [0.05, 0.1) is 0 Å². The number of nitrogens with one attached hydrogen (secondary N) is 1. The van der Waals surface area contributed by atoms with Crippen molar-refractivity contribution >= 4 is 17.4 Å². The van der Waals surface area contributed by atoms with Crippen LogP contribution < -0.4 is 5.32 Å². The molecule has 0 saturated heterocycles.